The lowest BCUT2D eigenvalue weighted by Crippen LogP contribution is -2.46. The summed E-state index contributed by atoms with van der Waals surface area (Å²) in [5, 5.41) is 6.44. The predicted molar refractivity (Wildman–Crippen MR) is 122 cm³/mol. The number of aromatic nitrogens is 3. The summed E-state index contributed by atoms with van der Waals surface area (Å²) in [7, 11) is 0. The highest BCUT2D eigenvalue weighted by molar-refractivity contribution is 5.91. The molecular formula is C25H18F4N4O3. The molecule has 0 radical (unpaired) electrons. The Kier molecular flexibility index (Phi) is 6.82. The Morgan fingerprint density at radius 1 is 0.889 bits per heavy atom. The van der Waals surface area contributed by atoms with Crippen LogP contribution in [0.4, 0.5) is 17.6 Å². The largest absolute Gasteiger partial charge is 0.416 e. The van der Waals surface area contributed by atoms with E-state index in [-0.39, 0.29) is 17.8 Å². The summed E-state index contributed by atoms with van der Waals surface area (Å²) in [6.45, 7) is -0.576. The Hall–Kier alpha value is -4.54. The molecule has 0 saturated heterocycles. The van der Waals surface area contributed by atoms with E-state index in [4.69, 9.17) is 0 Å². The van der Waals surface area contributed by atoms with Crippen LogP contribution in [0.25, 0.3) is 5.69 Å². The number of alkyl halides is 3. The number of carbonyl (C=O) groups excluding carboxylic acids is 1. The van der Waals surface area contributed by atoms with Crippen LogP contribution in [0.2, 0.25) is 0 Å². The lowest BCUT2D eigenvalue weighted by atomic mass is 10.1. The van der Waals surface area contributed by atoms with Gasteiger partial charge in [-0.3, -0.25) is 14.2 Å². The maximum Gasteiger partial charge on any atom is 0.416 e. The van der Waals surface area contributed by atoms with Gasteiger partial charge in [-0.2, -0.15) is 23.0 Å². The number of amides is 1. The van der Waals surface area contributed by atoms with Gasteiger partial charge in [0.25, 0.3) is 11.5 Å². The standard InChI is InChI=1S/C25H18F4N4O3/c26-19-11-9-16(10-12-19)14-30-22(34)21-23(35)32(15-17-5-4-6-18(13-17)25(27,28)29)24(36)33(31-21)20-7-2-1-3-8-20/h1-13H,14-15H2,(H,30,34). The number of nitrogens with one attached hydrogen (secondary N) is 1. The molecule has 3 aromatic carbocycles. The number of benzene rings is 3. The summed E-state index contributed by atoms with van der Waals surface area (Å²) in [4.78, 5) is 39.1. The summed E-state index contributed by atoms with van der Waals surface area (Å²) in [6, 6.07) is 17.4. The molecule has 0 bridgehead atoms. The summed E-state index contributed by atoms with van der Waals surface area (Å²) < 4.78 is 54.1. The third kappa shape index (κ3) is 5.40. The second-order valence-electron chi connectivity index (χ2n) is 7.78. The molecule has 184 valence electrons. The first kappa shape index (κ1) is 24.6. The molecule has 0 aliphatic heterocycles. The average Bonchev–Trinajstić information content (AvgIpc) is 2.86. The number of hydrogen-bond acceptors (Lipinski definition) is 4. The highest BCUT2D eigenvalue weighted by atomic mass is 19.4. The van der Waals surface area contributed by atoms with Crippen molar-refractivity contribution < 1.29 is 22.4 Å². The Bertz CT molecular complexity index is 1510. The Balaban J connectivity index is 1.76. The van der Waals surface area contributed by atoms with Gasteiger partial charge in [-0.15, -0.1) is 0 Å². The van der Waals surface area contributed by atoms with Gasteiger partial charge >= 0.3 is 11.9 Å². The third-order valence-electron chi connectivity index (χ3n) is 5.24. The smallest absolute Gasteiger partial charge is 0.346 e. The van der Waals surface area contributed by atoms with E-state index in [1.54, 1.807) is 18.2 Å². The zero-order valence-electron chi connectivity index (χ0n) is 18.5. The second-order valence-corrected chi connectivity index (χ2v) is 7.78. The number of rotatable bonds is 6. The molecule has 11 heteroatoms. The molecule has 4 rings (SSSR count). The molecule has 0 fully saturated rings. The molecule has 1 aromatic heterocycles. The van der Waals surface area contributed by atoms with Gasteiger partial charge in [0.05, 0.1) is 17.8 Å². The van der Waals surface area contributed by atoms with Crippen LogP contribution in [0.3, 0.4) is 0 Å². The molecule has 0 atom stereocenters. The SMILES string of the molecule is O=C(NCc1ccc(F)cc1)c1nn(-c2ccccc2)c(=O)n(Cc2cccc(C(F)(F)F)c2)c1=O. The van der Waals surface area contributed by atoms with Crippen molar-refractivity contribution in [3.63, 3.8) is 0 Å². The quantitative estimate of drug-likeness (QED) is 0.412. The molecular weight excluding hydrogens is 480 g/mol. The van der Waals surface area contributed by atoms with Gasteiger partial charge in [-0.1, -0.05) is 42.5 Å². The fraction of sp³-hybridized carbons (Fsp3) is 0.120. The van der Waals surface area contributed by atoms with Gasteiger partial charge in [0.2, 0.25) is 5.69 Å². The Labute approximate surface area is 201 Å². The molecule has 0 aliphatic carbocycles. The van der Waals surface area contributed by atoms with E-state index in [1.807, 2.05) is 0 Å². The van der Waals surface area contributed by atoms with Crippen LogP contribution in [0.1, 0.15) is 27.2 Å². The molecule has 36 heavy (non-hydrogen) atoms. The van der Waals surface area contributed by atoms with Crippen LogP contribution < -0.4 is 16.6 Å². The minimum atomic E-state index is -4.62. The lowest BCUT2D eigenvalue weighted by molar-refractivity contribution is -0.137. The van der Waals surface area contributed by atoms with Crippen molar-refractivity contribution in [3.8, 4) is 5.69 Å². The molecule has 1 heterocycles. The lowest BCUT2D eigenvalue weighted by Gasteiger charge is -2.13. The average molecular weight is 498 g/mol. The Morgan fingerprint density at radius 2 is 1.58 bits per heavy atom. The zero-order valence-corrected chi connectivity index (χ0v) is 18.5. The van der Waals surface area contributed by atoms with Crippen LogP contribution in [0.15, 0.2) is 88.5 Å². The van der Waals surface area contributed by atoms with Crippen molar-refractivity contribution in [2.24, 2.45) is 0 Å². The topological polar surface area (TPSA) is 86.0 Å². The van der Waals surface area contributed by atoms with Gasteiger partial charge in [-0.25, -0.2) is 9.18 Å². The monoisotopic (exact) mass is 498 g/mol. The highest BCUT2D eigenvalue weighted by Gasteiger charge is 2.30. The van der Waals surface area contributed by atoms with Gasteiger partial charge in [0.15, 0.2) is 0 Å². The molecule has 0 saturated carbocycles. The first-order valence-electron chi connectivity index (χ1n) is 10.6. The van der Waals surface area contributed by atoms with Crippen molar-refractivity contribution in [1.82, 2.24) is 19.7 Å². The highest BCUT2D eigenvalue weighted by Crippen LogP contribution is 2.29. The van der Waals surface area contributed by atoms with E-state index in [0.717, 1.165) is 22.9 Å². The minimum Gasteiger partial charge on any atom is -0.346 e. The summed E-state index contributed by atoms with van der Waals surface area (Å²) in [5.74, 6) is -1.37. The van der Waals surface area contributed by atoms with E-state index in [2.05, 4.69) is 10.4 Å². The van der Waals surface area contributed by atoms with Gasteiger partial charge < -0.3 is 5.32 Å². The second kappa shape index (κ2) is 9.98. The fourth-order valence-corrected chi connectivity index (χ4v) is 3.43. The minimum absolute atomic E-state index is 0.0347. The Morgan fingerprint density at radius 3 is 2.25 bits per heavy atom. The summed E-state index contributed by atoms with van der Waals surface area (Å²) in [5.41, 5.74) is -2.75. The van der Waals surface area contributed by atoms with Crippen molar-refractivity contribution in [2.75, 3.05) is 0 Å². The molecule has 0 aliphatic rings. The maximum atomic E-state index is 13.1. The molecule has 0 unspecified atom stereocenters. The van der Waals surface area contributed by atoms with E-state index < -0.39 is 47.0 Å². The maximum absolute atomic E-state index is 13.1. The van der Waals surface area contributed by atoms with Gasteiger partial charge in [0, 0.05) is 6.54 Å². The number of hydrogen-bond donors (Lipinski definition) is 1. The van der Waals surface area contributed by atoms with Gasteiger partial charge in [-0.05, 0) is 47.5 Å². The zero-order chi connectivity index (χ0) is 25.9. The van der Waals surface area contributed by atoms with Crippen molar-refractivity contribution in [2.45, 2.75) is 19.3 Å². The molecule has 0 spiro atoms. The summed E-state index contributed by atoms with van der Waals surface area (Å²) >= 11 is 0. The van der Waals surface area contributed by atoms with Crippen LogP contribution in [-0.4, -0.2) is 20.3 Å². The van der Waals surface area contributed by atoms with Crippen molar-refractivity contribution in [1.29, 1.82) is 0 Å². The number of halogens is 4. The molecule has 1 amide bonds. The van der Waals surface area contributed by atoms with Crippen LogP contribution in [-0.2, 0) is 19.3 Å². The number of para-hydroxylation sites is 1. The molecule has 1 N–H and O–H groups in total. The van der Waals surface area contributed by atoms with Crippen LogP contribution >= 0.6 is 0 Å². The van der Waals surface area contributed by atoms with Crippen molar-refractivity contribution in [3.05, 3.63) is 128 Å². The van der Waals surface area contributed by atoms with E-state index in [1.165, 1.54) is 42.5 Å². The van der Waals surface area contributed by atoms with E-state index in [9.17, 15) is 31.9 Å². The number of carbonyl (C=O) groups is 1. The first-order valence-corrected chi connectivity index (χ1v) is 10.6. The van der Waals surface area contributed by atoms with Crippen LogP contribution in [0.5, 0.6) is 0 Å². The summed E-state index contributed by atoms with van der Waals surface area (Å²) in [6.07, 6.45) is -4.62. The van der Waals surface area contributed by atoms with E-state index >= 15 is 0 Å². The molecule has 4 aromatic rings. The normalized spacial score (nSPS) is 11.3. The van der Waals surface area contributed by atoms with Crippen LogP contribution in [0, 0.1) is 5.82 Å². The number of nitrogens with zero attached hydrogens (tertiary/aromatic N) is 3. The third-order valence-corrected chi connectivity index (χ3v) is 5.24. The molecule has 7 nitrogen and oxygen atoms in total. The van der Waals surface area contributed by atoms with E-state index in [0.29, 0.717) is 10.1 Å². The predicted octanol–water partition coefficient (Wildman–Crippen LogP) is 3.53. The van der Waals surface area contributed by atoms with Crippen molar-refractivity contribution >= 4 is 5.91 Å². The van der Waals surface area contributed by atoms with Gasteiger partial charge in [0.1, 0.15) is 5.82 Å². The first-order chi connectivity index (χ1) is 17.1. The fourth-order valence-electron chi connectivity index (χ4n) is 3.43.